The summed E-state index contributed by atoms with van der Waals surface area (Å²) in [6.07, 6.45) is 2.30. The van der Waals surface area contributed by atoms with Gasteiger partial charge in [-0.25, -0.2) is 0 Å². The summed E-state index contributed by atoms with van der Waals surface area (Å²) in [4.78, 5) is 42.3. The SMILES string of the molecule is CC(C)CO.CC(C)CO.CCC(CC)C(=O)CC(=O)O.CCC(CC)C(=O)CC(=O)O.[Ti]. The van der Waals surface area contributed by atoms with Gasteiger partial charge >= 0.3 is 11.9 Å². The minimum Gasteiger partial charge on any atom is -0.481 e. The number of Topliss-reactive ketones (excluding diaryl/α,β-unsaturated/α-hetero) is 2. The average molecular weight is 513 g/mol. The predicted molar refractivity (Wildman–Crippen MR) is 127 cm³/mol. The fraction of sp³-hybridized carbons (Fsp3) is 0.833. The molecule has 0 heterocycles. The molecule has 0 aromatic carbocycles. The Labute approximate surface area is 215 Å². The summed E-state index contributed by atoms with van der Waals surface area (Å²) in [5.74, 6) is -1.60. The Bertz CT molecular complexity index is 441. The Balaban J connectivity index is -0.000000112. The van der Waals surface area contributed by atoms with Crippen LogP contribution in [0.25, 0.3) is 0 Å². The third kappa shape index (κ3) is 35.7. The Morgan fingerprint density at radius 2 is 0.758 bits per heavy atom. The summed E-state index contributed by atoms with van der Waals surface area (Å²) >= 11 is 0. The van der Waals surface area contributed by atoms with Crippen molar-refractivity contribution in [3.63, 3.8) is 0 Å². The first kappa shape index (κ1) is 42.1. The molecule has 0 rings (SSSR count). The molecule has 0 aliphatic heterocycles. The Hall–Kier alpha value is -1.09. The number of carboxylic acid groups (broad SMARTS) is 2. The monoisotopic (exact) mass is 512 g/mol. The van der Waals surface area contributed by atoms with Gasteiger partial charge in [0.15, 0.2) is 0 Å². The van der Waals surface area contributed by atoms with Gasteiger partial charge in [0, 0.05) is 46.8 Å². The molecule has 0 atom stereocenters. The van der Waals surface area contributed by atoms with Crippen LogP contribution in [0, 0.1) is 23.7 Å². The molecule has 196 valence electrons. The molecular formula is C24H48O8Ti. The largest absolute Gasteiger partial charge is 0.481 e. The average Bonchev–Trinajstić information content (AvgIpc) is 2.70. The summed E-state index contributed by atoms with van der Waals surface area (Å²) in [5.41, 5.74) is 0. The van der Waals surface area contributed by atoms with Gasteiger partial charge < -0.3 is 20.4 Å². The van der Waals surface area contributed by atoms with Crippen LogP contribution in [0.2, 0.25) is 0 Å². The predicted octanol–water partition coefficient (Wildman–Crippen LogP) is 4.20. The van der Waals surface area contributed by atoms with E-state index in [2.05, 4.69) is 0 Å². The third-order valence-electron chi connectivity index (χ3n) is 4.26. The molecule has 0 fully saturated rings. The first-order chi connectivity index (χ1) is 14.8. The molecule has 0 saturated carbocycles. The van der Waals surface area contributed by atoms with Crippen LogP contribution < -0.4 is 0 Å². The maximum absolute atomic E-state index is 11.0. The number of aliphatic hydroxyl groups excluding tert-OH is 2. The summed E-state index contributed by atoms with van der Waals surface area (Å²) in [5, 5.41) is 32.9. The van der Waals surface area contributed by atoms with Gasteiger partial charge in [-0.1, -0.05) is 55.4 Å². The fourth-order valence-corrected chi connectivity index (χ4v) is 2.07. The minimum atomic E-state index is -1.03. The number of aliphatic carboxylic acids is 2. The van der Waals surface area contributed by atoms with Crippen molar-refractivity contribution < 1.29 is 61.3 Å². The summed E-state index contributed by atoms with van der Waals surface area (Å²) < 4.78 is 0. The topological polar surface area (TPSA) is 149 Å². The van der Waals surface area contributed by atoms with Crippen LogP contribution in [0.15, 0.2) is 0 Å². The molecule has 0 aliphatic rings. The quantitative estimate of drug-likeness (QED) is 0.225. The van der Waals surface area contributed by atoms with Gasteiger partial charge in [0.05, 0.1) is 0 Å². The van der Waals surface area contributed by atoms with Gasteiger partial charge in [-0.3, -0.25) is 19.2 Å². The molecule has 0 spiro atoms. The Kier molecular flexibility index (Phi) is 36.9. The molecule has 0 saturated heterocycles. The third-order valence-corrected chi connectivity index (χ3v) is 4.26. The van der Waals surface area contributed by atoms with E-state index < -0.39 is 11.9 Å². The minimum absolute atomic E-state index is 0. The van der Waals surface area contributed by atoms with Crippen LogP contribution in [0.1, 0.15) is 93.9 Å². The molecule has 33 heavy (non-hydrogen) atoms. The van der Waals surface area contributed by atoms with E-state index in [-0.39, 0.29) is 58.0 Å². The van der Waals surface area contributed by atoms with Crippen LogP contribution in [-0.2, 0) is 40.9 Å². The smallest absolute Gasteiger partial charge is 0.310 e. The number of carbonyl (C=O) groups excluding carboxylic acids is 2. The zero-order valence-corrected chi connectivity index (χ0v) is 23.4. The molecule has 0 aromatic rings. The van der Waals surface area contributed by atoms with E-state index in [9.17, 15) is 19.2 Å². The van der Waals surface area contributed by atoms with Crippen molar-refractivity contribution in [1.29, 1.82) is 0 Å². The fourth-order valence-electron chi connectivity index (χ4n) is 2.07. The van der Waals surface area contributed by atoms with Gasteiger partial charge in [0.25, 0.3) is 0 Å². The molecule has 0 amide bonds. The number of carboxylic acids is 2. The van der Waals surface area contributed by atoms with E-state index in [0.717, 1.165) is 25.7 Å². The van der Waals surface area contributed by atoms with Crippen molar-refractivity contribution in [3.8, 4) is 0 Å². The number of hydrogen-bond donors (Lipinski definition) is 4. The summed E-state index contributed by atoms with van der Waals surface area (Å²) in [6.45, 7) is 16.1. The van der Waals surface area contributed by atoms with Crippen LogP contribution in [0.4, 0.5) is 0 Å². The summed E-state index contributed by atoms with van der Waals surface area (Å²) in [7, 11) is 0. The van der Waals surface area contributed by atoms with Crippen molar-refractivity contribution in [2.24, 2.45) is 23.7 Å². The second kappa shape index (κ2) is 28.9. The number of carbonyl (C=O) groups is 4. The molecule has 4 N–H and O–H groups in total. The summed E-state index contributed by atoms with van der Waals surface area (Å²) in [6, 6.07) is 0. The molecule has 0 aliphatic carbocycles. The number of aliphatic hydroxyl groups is 2. The van der Waals surface area contributed by atoms with Crippen LogP contribution in [0.3, 0.4) is 0 Å². The molecule has 0 aromatic heterocycles. The van der Waals surface area contributed by atoms with Gasteiger partial charge in [-0.2, -0.15) is 0 Å². The molecule has 0 radical (unpaired) electrons. The van der Waals surface area contributed by atoms with E-state index in [1.807, 2.05) is 55.4 Å². The van der Waals surface area contributed by atoms with Gasteiger partial charge in [-0.15, -0.1) is 0 Å². The van der Waals surface area contributed by atoms with E-state index in [1.54, 1.807) is 0 Å². The molecule has 8 nitrogen and oxygen atoms in total. The van der Waals surface area contributed by atoms with Gasteiger partial charge in [0.2, 0.25) is 0 Å². The van der Waals surface area contributed by atoms with E-state index >= 15 is 0 Å². The molecule has 9 heteroatoms. The molecular weight excluding hydrogens is 464 g/mol. The molecule has 0 unspecified atom stereocenters. The van der Waals surface area contributed by atoms with Crippen molar-refractivity contribution in [2.45, 2.75) is 93.9 Å². The van der Waals surface area contributed by atoms with Gasteiger partial charge in [0.1, 0.15) is 24.4 Å². The van der Waals surface area contributed by atoms with Crippen molar-refractivity contribution in [3.05, 3.63) is 0 Å². The number of hydrogen-bond acceptors (Lipinski definition) is 6. The van der Waals surface area contributed by atoms with Crippen molar-refractivity contribution in [2.75, 3.05) is 13.2 Å². The Morgan fingerprint density at radius 1 is 0.576 bits per heavy atom. The van der Waals surface area contributed by atoms with E-state index in [0.29, 0.717) is 25.0 Å². The number of ketones is 2. The second-order valence-corrected chi connectivity index (χ2v) is 8.25. The zero-order chi connectivity index (χ0) is 26.3. The van der Waals surface area contributed by atoms with Crippen LogP contribution >= 0.6 is 0 Å². The van der Waals surface area contributed by atoms with Crippen molar-refractivity contribution >= 4 is 23.5 Å². The second-order valence-electron chi connectivity index (χ2n) is 8.25. The molecule has 0 bridgehead atoms. The number of rotatable bonds is 12. The van der Waals surface area contributed by atoms with Crippen molar-refractivity contribution in [1.82, 2.24) is 0 Å². The van der Waals surface area contributed by atoms with Gasteiger partial charge in [-0.05, 0) is 37.5 Å². The maximum atomic E-state index is 11.0. The van der Waals surface area contributed by atoms with Crippen LogP contribution in [0.5, 0.6) is 0 Å². The Morgan fingerprint density at radius 3 is 0.848 bits per heavy atom. The van der Waals surface area contributed by atoms with Crippen LogP contribution in [-0.4, -0.2) is 57.1 Å². The first-order valence-electron chi connectivity index (χ1n) is 11.5. The maximum Gasteiger partial charge on any atom is 0.310 e. The first-order valence-corrected chi connectivity index (χ1v) is 11.5. The standard InChI is InChI=1S/2C8H14O3.2C4H10O.Ti/c2*1-3-6(4-2)7(9)5-8(10)11;2*1-4(2)3-5;/h2*6H,3-5H2,1-2H3,(H,10,11);2*4-5H,3H2,1-2H3;. The van der Waals surface area contributed by atoms with E-state index in [4.69, 9.17) is 20.4 Å². The van der Waals surface area contributed by atoms with E-state index in [1.165, 1.54) is 0 Å². The normalized spacial score (nSPS) is 9.64. The zero-order valence-electron chi connectivity index (χ0n) is 21.9.